The maximum absolute atomic E-state index is 13.8. The molecule has 2 aromatic carbocycles. The molecule has 0 spiro atoms. The molecule has 4 rings (SSSR count). The topological polar surface area (TPSA) is 42.7 Å². The Labute approximate surface area is 159 Å². The van der Waals surface area contributed by atoms with Gasteiger partial charge < -0.3 is 9.15 Å². The van der Waals surface area contributed by atoms with E-state index < -0.39 is 22.9 Å². The maximum atomic E-state index is 13.8. The molecule has 0 saturated heterocycles. The average Bonchev–Trinajstić information content (AvgIpc) is 2.67. The largest absolute Gasteiger partial charge is 0.478 e. The summed E-state index contributed by atoms with van der Waals surface area (Å²) in [6, 6.07) is 11.0. The summed E-state index contributed by atoms with van der Waals surface area (Å²) in [5.41, 5.74) is -0.620. The van der Waals surface area contributed by atoms with Crippen LogP contribution in [-0.4, -0.2) is 17.7 Å². The van der Waals surface area contributed by atoms with Crippen LogP contribution in [0.3, 0.4) is 0 Å². The first-order valence-electron chi connectivity index (χ1n) is 8.89. The molecule has 146 valence electrons. The van der Waals surface area contributed by atoms with Gasteiger partial charge in [-0.3, -0.25) is 9.69 Å². The van der Waals surface area contributed by atoms with Crippen LogP contribution in [0.5, 0.6) is 5.75 Å². The molecule has 1 aromatic heterocycles. The lowest BCUT2D eigenvalue weighted by atomic mass is 10.00. The fourth-order valence-corrected chi connectivity index (χ4v) is 3.38. The second kappa shape index (κ2) is 6.67. The Morgan fingerprint density at radius 2 is 1.79 bits per heavy atom. The van der Waals surface area contributed by atoms with Crippen molar-refractivity contribution < 1.29 is 22.3 Å². The molecule has 28 heavy (non-hydrogen) atoms. The Bertz CT molecular complexity index is 1090. The van der Waals surface area contributed by atoms with Gasteiger partial charge in [0.1, 0.15) is 18.1 Å². The number of alkyl halides is 3. The van der Waals surface area contributed by atoms with E-state index in [-0.39, 0.29) is 22.6 Å². The summed E-state index contributed by atoms with van der Waals surface area (Å²) in [5.74, 6) is -0.848. The van der Waals surface area contributed by atoms with Crippen molar-refractivity contribution in [3.63, 3.8) is 0 Å². The first kappa shape index (κ1) is 18.6. The molecule has 7 heteroatoms. The minimum atomic E-state index is -4.81. The molecule has 0 bridgehead atoms. The van der Waals surface area contributed by atoms with Crippen molar-refractivity contribution >= 4 is 11.0 Å². The zero-order chi connectivity index (χ0) is 20.1. The van der Waals surface area contributed by atoms with E-state index in [0.29, 0.717) is 24.6 Å². The molecule has 0 N–H and O–H groups in total. The summed E-state index contributed by atoms with van der Waals surface area (Å²) in [6.45, 7) is 4.60. The number of fused-ring (bicyclic) bond motifs is 3. The second-order valence-corrected chi connectivity index (χ2v) is 7.03. The number of benzene rings is 2. The molecule has 1 aliphatic rings. The van der Waals surface area contributed by atoms with Crippen LogP contribution in [-0.2, 0) is 12.7 Å². The third-order valence-corrected chi connectivity index (χ3v) is 4.92. The minimum Gasteiger partial charge on any atom is -0.478 e. The van der Waals surface area contributed by atoms with Crippen LogP contribution in [0.2, 0.25) is 0 Å². The standard InChI is InChI=1S/C21H18F3NO3/c1-12(2)25-10-15-16(27-11-25)9-8-14-18(26)17(13-6-4-3-5-7-13)20(21(22,23)24)28-19(14)15/h3-9,12H,10-11H2,1-2H3. The van der Waals surface area contributed by atoms with E-state index >= 15 is 0 Å². The fraction of sp³-hybridized carbons (Fsp3) is 0.286. The van der Waals surface area contributed by atoms with Gasteiger partial charge in [-0.05, 0) is 31.5 Å². The quantitative estimate of drug-likeness (QED) is 0.616. The van der Waals surface area contributed by atoms with Crippen molar-refractivity contribution in [3.05, 3.63) is 64.0 Å². The maximum Gasteiger partial charge on any atom is 0.450 e. The van der Waals surface area contributed by atoms with Gasteiger partial charge in [-0.2, -0.15) is 13.2 Å². The van der Waals surface area contributed by atoms with Crippen LogP contribution in [0.15, 0.2) is 51.7 Å². The van der Waals surface area contributed by atoms with Crippen molar-refractivity contribution in [2.45, 2.75) is 32.6 Å². The SMILES string of the molecule is CC(C)N1COc2ccc3c(=O)c(-c4ccccc4)c(C(F)(F)F)oc3c2C1. The highest BCUT2D eigenvalue weighted by atomic mass is 19.4. The third kappa shape index (κ3) is 3.05. The third-order valence-electron chi connectivity index (χ3n) is 4.92. The number of hydrogen-bond donors (Lipinski definition) is 0. The Kier molecular flexibility index (Phi) is 4.42. The highest BCUT2D eigenvalue weighted by Crippen LogP contribution is 2.40. The molecule has 3 aromatic rings. The Morgan fingerprint density at radius 3 is 2.43 bits per heavy atom. The Hall–Kier alpha value is -2.80. The van der Waals surface area contributed by atoms with E-state index in [1.54, 1.807) is 24.3 Å². The number of nitrogens with zero attached hydrogens (tertiary/aromatic N) is 1. The molecule has 0 radical (unpaired) electrons. The number of halogens is 3. The predicted octanol–water partition coefficient (Wildman–Crippen LogP) is 5.04. The molecule has 1 aliphatic heterocycles. The fourth-order valence-electron chi connectivity index (χ4n) is 3.38. The smallest absolute Gasteiger partial charge is 0.450 e. The lowest BCUT2D eigenvalue weighted by Gasteiger charge is -2.32. The summed E-state index contributed by atoms with van der Waals surface area (Å²) >= 11 is 0. The van der Waals surface area contributed by atoms with E-state index in [9.17, 15) is 18.0 Å². The molecule has 4 nitrogen and oxygen atoms in total. The van der Waals surface area contributed by atoms with Crippen LogP contribution < -0.4 is 10.2 Å². The van der Waals surface area contributed by atoms with Crippen LogP contribution in [0.1, 0.15) is 25.2 Å². The molecule has 2 heterocycles. The number of hydrogen-bond acceptors (Lipinski definition) is 4. The van der Waals surface area contributed by atoms with Crippen molar-refractivity contribution in [2.24, 2.45) is 0 Å². The summed E-state index contributed by atoms with van der Waals surface area (Å²) < 4.78 is 52.5. The zero-order valence-electron chi connectivity index (χ0n) is 15.3. The van der Waals surface area contributed by atoms with Crippen molar-refractivity contribution in [2.75, 3.05) is 6.73 Å². The number of ether oxygens (including phenoxy) is 1. The summed E-state index contributed by atoms with van der Waals surface area (Å²) in [6.07, 6.45) is -4.81. The zero-order valence-corrected chi connectivity index (χ0v) is 15.3. The normalized spacial score (nSPS) is 14.9. The van der Waals surface area contributed by atoms with Crippen molar-refractivity contribution in [3.8, 4) is 16.9 Å². The lowest BCUT2D eigenvalue weighted by Crippen LogP contribution is -2.37. The van der Waals surface area contributed by atoms with E-state index in [1.807, 2.05) is 18.7 Å². The molecule has 0 aliphatic carbocycles. The molecular weight excluding hydrogens is 371 g/mol. The van der Waals surface area contributed by atoms with Crippen LogP contribution in [0, 0.1) is 0 Å². The first-order valence-corrected chi connectivity index (χ1v) is 8.89. The van der Waals surface area contributed by atoms with Gasteiger partial charge in [0.25, 0.3) is 0 Å². The van der Waals surface area contributed by atoms with Gasteiger partial charge in [-0.15, -0.1) is 0 Å². The Balaban J connectivity index is 2.04. The molecule has 0 atom stereocenters. The van der Waals surface area contributed by atoms with E-state index in [2.05, 4.69) is 0 Å². The molecular formula is C21H18F3NO3. The van der Waals surface area contributed by atoms with E-state index in [1.165, 1.54) is 18.2 Å². The van der Waals surface area contributed by atoms with E-state index in [4.69, 9.17) is 9.15 Å². The van der Waals surface area contributed by atoms with Gasteiger partial charge in [0.2, 0.25) is 11.2 Å². The highest BCUT2D eigenvalue weighted by molar-refractivity contribution is 5.87. The number of rotatable bonds is 2. The van der Waals surface area contributed by atoms with Gasteiger partial charge in [-0.25, -0.2) is 0 Å². The van der Waals surface area contributed by atoms with Crippen LogP contribution in [0.4, 0.5) is 13.2 Å². The Morgan fingerprint density at radius 1 is 1.07 bits per heavy atom. The molecule has 0 unspecified atom stereocenters. The molecule has 0 amide bonds. The van der Waals surface area contributed by atoms with Crippen molar-refractivity contribution in [1.29, 1.82) is 0 Å². The van der Waals surface area contributed by atoms with Crippen LogP contribution >= 0.6 is 0 Å². The van der Waals surface area contributed by atoms with Gasteiger partial charge in [0.05, 0.1) is 16.5 Å². The van der Waals surface area contributed by atoms with Gasteiger partial charge in [0.15, 0.2) is 0 Å². The summed E-state index contributed by atoms with van der Waals surface area (Å²) in [4.78, 5) is 15.0. The van der Waals surface area contributed by atoms with Crippen LogP contribution in [0.25, 0.3) is 22.1 Å². The van der Waals surface area contributed by atoms with E-state index in [0.717, 1.165) is 0 Å². The highest BCUT2D eigenvalue weighted by Gasteiger charge is 2.40. The average molecular weight is 389 g/mol. The summed E-state index contributed by atoms with van der Waals surface area (Å²) in [5, 5.41) is 0.111. The first-order chi connectivity index (χ1) is 13.3. The second-order valence-electron chi connectivity index (χ2n) is 7.03. The predicted molar refractivity (Wildman–Crippen MR) is 99.1 cm³/mol. The van der Waals surface area contributed by atoms with Crippen molar-refractivity contribution in [1.82, 2.24) is 4.90 Å². The van der Waals surface area contributed by atoms with Gasteiger partial charge in [-0.1, -0.05) is 30.3 Å². The lowest BCUT2D eigenvalue weighted by molar-refractivity contribution is -0.152. The monoisotopic (exact) mass is 389 g/mol. The summed E-state index contributed by atoms with van der Waals surface area (Å²) in [7, 11) is 0. The molecule has 0 saturated carbocycles. The van der Waals surface area contributed by atoms with Gasteiger partial charge >= 0.3 is 6.18 Å². The minimum absolute atomic E-state index is 0.0696. The molecule has 0 fully saturated rings. The van der Waals surface area contributed by atoms with Gasteiger partial charge in [0, 0.05) is 12.6 Å².